The van der Waals surface area contributed by atoms with Gasteiger partial charge in [-0.05, 0) is 68.8 Å². The van der Waals surface area contributed by atoms with E-state index in [-0.39, 0.29) is 5.82 Å². The molecule has 0 radical (unpaired) electrons. The zero-order chi connectivity index (χ0) is 12.4. The van der Waals surface area contributed by atoms with Gasteiger partial charge in [0.15, 0.2) is 0 Å². The van der Waals surface area contributed by atoms with Gasteiger partial charge in [-0.1, -0.05) is 0 Å². The highest BCUT2D eigenvalue weighted by Crippen LogP contribution is 2.33. The summed E-state index contributed by atoms with van der Waals surface area (Å²) in [5.74, 6) is 1.51. The van der Waals surface area contributed by atoms with Gasteiger partial charge < -0.3 is 10.1 Å². The molecule has 1 fully saturated rings. The van der Waals surface area contributed by atoms with E-state index in [0.29, 0.717) is 5.92 Å². The molecule has 0 unspecified atom stereocenters. The van der Waals surface area contributed by atoms with Crippen molar-refractivity contribution >= 4 is 0 Å². The molecule has 18 heavy (non-hydrogen) atoms. The predicted octanol–water partition coefficient (Wildman–Crippen LogP) is 2.69. The summed E-state index contributed by atoms with van der Waals surface area (Å²) in [6, 6.07) is 3.36. The minimum Gasteiger partial charge on any atom is -0.493 e. The molecule has 1 aliphatic carbocycles. The lowest BCUT2D eigenvalue weighted by molar-refractivity contribution is 0.213. The Morgan fingerprint density at radius 2 is 1.94 bits per heavy atom. The third kappa shape index (κ3) is 2.37. The van der Waals surface area contributed by atoms with Gasteiger partial charge in [-0.3, -0.25) is 0 Å². The average Bonchev–Trinajstić information content (AvgIpc) is 2.90. The van der Waals surface area contributed by atoms with Crippen LogP contribution >= 0.6 is 0 Å². The number of hydrogen-bond donors (Lipinski definition) is 1. The first-order valence-corrected chi connectivity index (χ1v) is 6.98. The van der Waals surface area contributed by atoms with Crippen molar-refractivity contribution in [3.8, 4) is 5.75 Å². The summed E-state index contributed by atoms with van der Waals surface area (Å²) in [6.07, 6.45) is 5.26. The highest BCUT2D eigenvalue weighted by atomic mass is 19.1. The number of rotatable bonds is 3. The van der Waals surface area contributed by atoms with Gasteiger partial charge in [0, 0.05) is 5.56 Å². The maximum absolute atomic E-state index is 13.6. The Hall–Kier alpha value is -1.09. The number of hydrogen-bond acceptors (Lipinski definition) is 2. The number of fused-ring (bicyclic) bond motifs is 1. The lowest BCUT2D eigenvalue weighted by atomic mass is 9.99. The van der Waals surface area contributed by atoms with Crippen LogP contribution in [0.1, 0.15) is 30.4 Å². The van der Waals surface area contributed by atoms with E-state index in [2.05, 4.69) is 5.32 Å². The Balaban J connectivity index is 1.67. The number of piperidine rings is 1. The van der Waals surface area contributed by atoms with E-state index < -0.39 is 0 Å². The topological polar surface area (TPSA) is 21.3 Å². The van der Waals surface area contributed by atoms with Gasteiger partial charge in [0.25, 0.3) is 0 Å². The molecule has 2 nitrogen and oxygen atoms in total. The highest BCUT2D eigenvalue weighted by Gasteiger charge is 2.20. The van der Waals surface area contributed by atoms with Crippen LogP contribution in [0.2, 0.25) is 0 Å². The summed E-state index contributed by atoms with van der Waals surface area (Å²) in [5, 5.41) is 3.36. The van der Waals surface area contributed by atoms with Crippen LogP contribution < -0.4 is 10.1 Å². The second kappa shape index (κ2) is 5.27. The summed E-state index contributed by atoms with van der Waals surface area (Å²) in [7, 11) is 0. The van der Waals surface area contributed by atoms with Gasteiger partial charge >= 0.3 is 0 Å². The molecule has 0 aromatic heterocycles. The van der Waals surface area contributed by atoms with E-state index >= 15 is 0 Å². The molecule has 1 saturated heterocycles. The molecule has 1 aromatic carbocycles. The smallest absolute Gasteiger partial charge is 0.126 e. The van der Waals surface area contributed by atoms with Gasteiger partial charge in [0.2, 0.25) is 0 Å². The summed E-state index contributed by atoms with van der Waals surface area (Å²) >= 11 is 0. The quantitative estimate of drug-likeness (QED) is 0.889. The molecule has 1 heterocycles. The zero-order valence-corrected chi connectivity index (χ0v) is 10.7. The zero-order valence-electron chi connectivity index (χ0n) is 10.7. The summed E-state index contributed by atoms with van der Waals surface area (Å²) in [5.41, 5.74) is 2.00. The van der Waals surface area contributed by atoms with Crippen molar-refractivity contribution in [1.82, 2.24) is 5.32 Å². The predicted molar refractivity (Wildman–Crippen MR) is 69.5 cm³/mol. The fourth-order valence-electron chi connectivity index (χ4n) is 3.02. The van der Waals surface area contributed by atoms with Crippen molar-refractivity contribution in [2.45, 2.75) is 32.1 Å². The molecule has 0 atom stereocenters. The van der Waals surface area contributed by atoms with Crippen LogP contribution in [0.5, 0.6) is 5.75 Å². The largest absolute Gasteiger partial charge is 0.493 e. The Bertz CT molecular complexity index is 427. The van der Waals surface area contributed by atoms with Gasteiger partial charge in [0.1, 0.15) is 11.6 Å². The normalized spacial score (nSPS) is 19.8. The number of nitrogens with one attached hydrogen (secondary N) is 1. The van der Waals surface area contributed by atoms with Crippen molar-refractivity contribution in [1.29, 1.82) is 0 Å². The van der Waals surface area contributed by atoms with E-state index in [1.54, 1.807) is 12.1 Å². The first-order valence-electron chi connectivity index (χ1n) is 6.98. The van der Waals surface area contributed by atoms with Gasteiger partial charge in [-0.25, -0.2) is 4.39 Å². The molecular formula is C15H20FNO. The van der Waals surface area contributed by atoms with Gasteiger partial charge in [-0.15, -0.1) is 0 Å². The molecule has 3 heteroatoms. The fraction of sp³-hybridized carbons (Fsp3) is 0.600. The maximum atomic E-state index is 13.6. The molecule has 0 saturated carbocycles. The summed E-state index contributed by atoms with van der Waals surface area (Å²) < 4.78 is 19.6. The molecule has 0 bridgehead atoms. The molecule has 98 valence electrons. The number of halogens is 1. The minimum atomic E-state index is -0.0586. The van der Waals surface area contributed by atoms with E-state index in [1.165, 1.54) is 12.8 Å². The molecular weight excluding hydrogens is 229 g/mol. The second-order valence-electron chi connectivity index (χ2n) is 5.36. The van der Waals surface area contributed by atoms with E-state index in [9.17, 15) is 4.39 Å². The molecule has 2 aliphatic rings. The third-order valence-electron chi connectivity index (χ3n) is 4.12. The van der Waals surface area contributed by atoms with Crippen LogP contribution in [0, 0.1) is 11.7 Å². The summed E-state index contributed by atoms with van der Waals surface area (Å²) in [4.78, 5) is 0. The van der Waals surface area contributed by atoms with E-state index in [1.807, 2.05) is 0 Å². The Morgan fingerprint density at radius 3 is 2.78 bits per heavy atom. The van der Waals surface area contributed by atoms with Crippen LogP contribution in [0.25, 0.3) is 0 Å². The van der Waals surface area contributed by atoms with Crippen LogP contribution in [0.15, 0.2) is 12.1 Å². The Kier molecular flexibility index (Phi) is 3.50. The molecule has 0 spiro atoms. The number of benzene rings is 1. The molecule has 3 rings (SSSR count). The lowest BCUT2D eigenvalue weighted by Crippen LogP contribution is -2.30. The second-order valence-corrected chi connectivity index (χ2v) is 5.36. The highest BCUT2D eigenvalue weighted by molar-refractivity contribution is 5.43. The van der Waals surface area contributed by atoms with Crippen molar-refractivity contribution in [2.24, 2.45) is 5.92 Å². The number of ether oxygens (including phenoxy) is 1. The fourth-order valence-corrected chi connectivity index (χ4v) is 3.02. The van der Waals surface area contributed by atoms with Crippen LogP contribution in [-0.4, -0.2) is 19.7 Å². The first-order chi connectivity index (χ1) is 8.84. The van der Waals surface area contributed by atoms with Crippen molar-refractivity contribution in [3.05, 3.63) is 29.1 Å². The monoisotopic (exact) mass is 249 g/mol. The maximum Gasteiger partial charge on any atom is 0.126 e. The van der Waals surface area contributed by atoms with Crippen LogP contribution in [0.4, 0.5) is 4.39 Å². The Morgan fingerprint density at radius 1 is 1.17 bits per heavy atom. The van der Waals surface area contributed by atoms with Crippen LogP contribution in [-0.2, 0) is 12.8 Å². The van der Waals surface area contributed by atoms with Crippen LogP contribution in [0.3, 0.4) is 0 Å². The SMILES string of the molecule is Fc1ccc(OCC2CCNCC2)c2c1CCC2. The average molecular weight is 249 g/mol. The minimum absolute atomic E-state index is 0.0586. The third-order valence-corrected chi connectivity index (χ3v) is 4.12. The first kappa shape index (κ1) is 12.0. The lowest BCUT2D eigenvalue weighted by Gasteiger charge is -2.23. The van der Waals surface area contributed by atoms with Gasteiger partial charge in [0.05, 0.1) is 6.61 Å². The molecule has 1 aliphatic heterocycles. The Labute approximate surface area is 108 Å². The van der Waals surface area contributed by atoms with Crippen molar-refractivity contribution in [2.75, 3.05) is 19.7 Å². The van der Waals surface area contributed by atoms with Crippen molar-refractivity contribution < 1.29 is 9.13 Å². The van der Waals surface area contributed by atoms with Crippen molar-refractivity contribution in [3.63, 3.8) is 0 Å². The standard InChI is InChI=1S/C15H20FNO/c16-14-4-5-15(13-3-1-2-12(13)14)18-10-11-6-8-17-9-7-11/h4-5,11,17H,1-3,6-10H2. The molecule has 0 amide bonds. The summed E-state index contributed by atoms with van der Waals surface area (Å²) in [6.45, 7) is 2.96. The van der Waals surface area contributed by atoms with Gasteiger partial charge in [-0.2, -0.15) is 0 Å². The van der Waals surface area contributed by atoms with E-state index in [4.69, 9.17) is 4.74 Å². The van der Waals surface area contributed by atoms with E-state index in [0.717, 1.165) is 55.8 Å². The molecule has 1 N–H and O–H groups in total. The molecule has 1 aromatic rings.